The second kappa shape index (κ2) is 10.4. The zero-order chi connectivity index (χ0) is 26.9. The van der Waals surface area contributed by atoms with Gasteiger partial charge < -0.3 is 15.4 Å². The minimum absolute atomic E-state index is 0.0558. The summed E-state index contributed by atoms with van der Waals surface area (Å²) in [6.45, 7) is 4.90. The first-order chi connectivity index (χ1) is 18.2. The Bertz CT molecular complexity index is 1470. The molecule has 2 aromatic heterocycles. The lowest BCUT2D eigenvalue weighted by atomic mass is 10.0. The van der Waals surface area contributed by atoms with Gasteiger partial charge in [0.2, 0.25) is 11.8 Å². The minimum atomic E-state index is -2.79. The molecule has 2 heterocycles. The molecule has 5 rings (SSSR count). The summed E-state index contributed by atoms with van der Waals surface area (Å²) in [5, 5.41) is 10.8. The number of carbonyl (C=O) groups excluding carboxylic acids is 1. The minimum Gasteiger partial charge on any atom is -0.437 e. The number of anilines is 1. The van der Waals surface area contributed by atoms with E-state index in [1.165, 1.54) is 0 Å². The van der Waals surface area contributed by atoms with E-state index in [-0.39, 0.29) is 24.9 Å². The first kappa shape index (κ1) is 25.6. The van der Waals surface area contributed by atoms with E-state index in [0.717, 1.165) is 42.9 Å². The third-order valence-corrected chi connectivity index (χ3v) is 6.57. The van der Waals surface area contributed by atoms with Crippen LogP contribution in [0.3, 0.4) is 0 Å². The number of nitrogens with zero attached hydrogens (tertiary/aromatic N) is 3. The molecule has 0 atom stereocenters. The Kier molecular flexibility index (Phi) is 7.01. The first-order valence-corrected chi connectivity index (χ1v) is 12.9. The summed E-state index contributed by atoms with van der Waals surface area (Å²) in [6.07, 6.45) is 4.19. The number of aromatic nitrogens is 3. The number of hydrogen-bond donors (Lipinski definition) is 2. The van der Waals surface area contributed by atoms with Crippen molar-refractivity contribution in [2.24, 2.45) is 0 Å². The van der Waals surface area contributed by atoms with E-state index in [1.807, 2.05) is 56.3 Å². The maximum atomic E-state index is 13.5. The van der Waals surface area contributed by atoms with Crippen molar-refractivity contribution in [2.45, 2.75) is 58.4 Å². The number of halogens is 2. The topological polar surface area (TPSA) is 80.5 Å². The van der Waals surface area contributed by atoms with E-state index in [2.05, 4.69) is 15.6 Å². The number of imidazole rings is 1. The highest BCUT2D eigenvalue weighted by atomic mass is 19.3. The molecular weight excluding hydrogens is 488 g/mol. The Morgan fingerprint density at radius 2 is 1.97 bits per heavy atom. The molecule has 7 nitrogen and oxygen atoms in total. The molecule has 1 saturated carbocycles. The molecule has 198 valence electrons. The van der Waals surface area contributed by atoms with Crippen LogP contribution >= 0.6 is 0 Å². The van der Waals surface area contributed by atoms with Gasteiger partial charge in [-0.25, -0.2) is 18.3 Å². The van der Waals surface area contributed by atoms with Crippen LogP contribution in [0, 0.1) is 6.92 Å². The number of fused-ring (bicyclic) bond motifs is 1. The quantitative estimate of drug-likeness (QED) is 0.253. The second-order valence-electron chi connectivity index (χ2n) is 9.86. The van der Waals surface area contributed by atoms with Crippen LogP contribution in [0.25, 0.3) is 16.9 Å². The van der Waals surface area contributed by atoms with Gasteiger partial charge in [-0.1, -0.05) is 31.2 Å². The molecule has 2 aromatic carbocycles. The van der Waals surface area contributed by atoms with Crippen molar-refractivity contribution in [1.82, 2.24) is 19.9 Å². The van der Waals surface area contributed by atoms with Crippen LogP contribution in [0.1, 0.15) is 54.6 Å². The third kappa shape index (κ3) is 5.77. The smallest absolute Gasteiger partial charge is 0.251 e. The van der Waals surface area contributed by atoms with Crippen LogP contribution in [0.2, 0.25) is 0 Å². The highest BCUT2D eigenvalue weighted by Gasteiger charge is 2.25. The molecule has 1 fully saturated rings. The van der Waals surface area contributed by atoms with Crippen molar-refractivity contribution in [1.29, 1.82) is 0 Å². The number of nitrogens with one attached hydrogen (secondary N) is 2. The van der Waals surface area contributed by atoms with Gasteiger partial charge in [0.1, 0.15) is 5.75 Å². The number of benzene rings is 2. The van der Waals surface area contributed by atoms with E-state index < -0.39 is 5.92 Å². The van der Waals surface area contributed by atoms with Gasteiger partial charge in [0, 0.05) is 36.2 Å². The number of aryl methyl sites for hydroxylation is 2. The fraction of sp³-hybridized carbons (Fsp3) is 0.345. The van der Waals surface area contributed by atoms with Crippen molar-refractivity contribution in [3.05, 3.63) is 71.4 Å². The number of ether oxygens (including phenoxy) is 1. The average Bonchev–Trinajstić information content (AvgIpc) is 3.58. The monoisotopic (exact) mass is 519 g/mol. The third-order valence-electron chi connectivity index (χ3n) is 6.57. The van der Waals surface area contributed by atoms with Gasteiger partial charge in [0.05, 0.1) is 17.6 Å². The predicted molar refractivity (Wildman–Crippen MR) is 143 cm³/mol. The van der Waals surface area contributed by atoms with E-state index >= 15 is 0 Å². The molecule has 9 heteroatoms. The Balaban J connectivity index is 1.52. The summed E-state index contributed by atoms with van der Waals surface area (Å²) >= 11 is 0. The fourth-order valence-electron chi connectivity index (χ4n) is 4.32. The SMILES string of the molecule is CCc1ccccc1Oc1cc(NCCC(C)(F)F)c2ncc(-c3ccc(C(=O)NC4CC4)c(C)c3)n2n1. The maximum Gasteiger partial charge on any atom is 0.251 e. The number of amides is 1. The summed E-state index contributed by atoms with van der Waals surface area (Å²) in [4.78, 5) is 17.1. The molecule has 0 spiro atoms. The van der Waals surface area contributed by atoms with E-state index in [1.54, 1.807) is 16.8 Å². The number of para-hydroxylation sites is 1. The Morgan fingerprint density at radius 3 is 2.68 bits per heavy atom. The van der Waals surface area contributed by atoms with Crippen LogP contribution in [-0.2, 0) is 6.42 Å². The molecule has 0 bridgehead atoms. The largest absolute Gasteiger partial charge is 0.437 e. The molecule has 0 aliphatic heterocycles. The molecule has 4 aromatic rings. The van der Waals surface area contributed by atoms with Crippen LogP contribution in [0.4, 0.5) is 14.5 Å². The summed E-state index contributed by atoms with van der Waals surface area (Å²) in [7, 11) is 0. The molecular formula is C29H31F2N5O2. The highest BCUT2D eigenvalue weighted by molar-refractivity contribution is 5.96. The zero-order valence-electron chi connectivity index (χ0n) is 21.7. The first-order valence-electron chi connectivity index (χ1n) is 12.9. The van der Waals surface area contributed by atoms with E-state index in [9.17, 15) is 13.6 Å². The predicted octanol–water partition coefficient (Wildman–Crippen LogP) is 6.41. The Labute approximate surface area is 220 Å². The molecule has 1 aliphatic carbocycles. The lowest BCUT2D eigenvalue weighted by Gasteiger charge is -2.15. The van der Waals surface area contributed by atoms with Crippen LogP contribution in [0.15, 0.2) is 54.7 Å². The highest BCUT2D eigenvalue weighted by Crippen LogP contribution is 2.31. The lowest BCUT2D eigenvalue weighted by Crippen LogP contribution is -2.26. The average molecular weight is 520 g/mol. The van der Waals surface area contributed by atoms with Gasteiger partial charge in [-0.3, -0.25) is 4.79 Å². The summed E-state index contributed by atoms with van der Waals surface area (Å²) in [5.41, 5.74) is 5.03. The lowest BCUT2D eigenvalue weighted by molar-refractivity contribution is 0.0167. The molecule has 0 saturated heterocycles. The van der Waals surface area contributed by atoms with Crippen molar-refractivity contribution < 1.29 is 18.3 Å². The molecule has 38 heavy (non-hydrogen) atoms. The van der Waals surface area contributed by atoms with Gasteiger partial charge in [-0.15, -0.1) is 5.10 Å². The number of rotatable bonds is 10. The van der Waals surface area contributed by atoms with Crippen molar-refractivity contribution in [2.75, 3.05) is 11.9 Å². The van der Waals surface area contributed by atoms with Crippen molar-refractivity contribution in [3.63, 3.8) is 0 Å². The number of carbonyl (C=O) groups is 1. The molecule has 1 aliphatic rings. The van der Waals surface area contributed by atoms with Crippen molar-refractivity contribution >= 4 is 17.2 Å². The van der Waals surface area contributed by atoms with Gasteiger partial charge in [0.25, 0.3) is 5.91 Å². The van der Waals surface area contributed by atoms with Crippen molar-refractivity contribution in [3.8, 4) is 22.9 Å². The van der Waals surface area contributed by atoms with Crippen LogP contribution in [0.5, 0.6) is 11.6 Å². The van der Waals surface area contributed by atoms with E-state index in [0.29, 0.717) is 34.2 Å². The maximum absolute atomic E-state index is 13.5. The standard InChI is InChI=1S/C29H31F2N5O2/c1-4-19-7-5-6-8-25(19)38-26-16-23(32-14-13-29(3,30)31)27-33-17-24(36(27)35-26)20-9-12-22(18(2)15-20)28(37)34-21-10-11-21/h5-9,12,15-17,21,32H,4,10-11,13-14H2,1-3H3,(H,34,37). The zero-order valence-corrected chi connectivity index (χ0v) is 21.7. The summed E-state index contributed by atoms with van der Waals surface area (Å²) < 4.78 is 34.8. The molecule has 0 unspecified atom stereocenters. The molecule has 1 amide bonds. The number of alkyl halides is 2. The summed E-state index contributed by atoms with van der Waals surface area (Å²) in [5.74, 6) is -1.88. The Morgan fingerprint density at radius 1 is 1.18 bits per heavy atom. The Hall–Kier alpha value is -4.01. The molecule has 2 N–H and O–H groups in total. The van der Waals surface area contributed by atoms with Gasteiger partial charge in [0.15, 0.2) is 5.65 Å². The summed E-state index contributed by atoms with van der Waals surface area (Å²) in [6, 6.07) is 15.3. The van der Waals surface area contributed by atoms with Crippen LogP contribution < -0.4 is 15.4 Å². The second-order valence-corrected chi connectivity index (χ2v) is 9.86. The fourth-order valence-corrected chi connectivity index (χ4v) is 4.32. The number of hydrogen-bond acceptors (Lipinski definition) is 5. The van der Waals surface area contributed by atoms with E-state index in [4.69, 9.17) is 9.84 Å². The normalized spacial score (nSPS) is 13.5. The molecule has 0 radical (unpaired) electrons. The van der Waals surface area contributed by atoms with Gasteiger partial charge in [-0.2, -0.15) is 0 Å². The van der Waals surface area contributed by atoms with Crippen LogP contribution in [-0.4, -0.2) is 39.0 Å². The van der Waals surface area contributed by atoms with Gasteiger partial charge >= 0.3 is 0 Å². The van der Waals surface area contributed by atoms with Gasteiger partial charge in [-0.05, 0) is 62.4 Å².